The summed E-state index contributed by atoms with van der Waals surface area (Å²) in [6, 6.07) is 0.507. The van der Waals surface area contributed by atoms with Gasteiger partial charge in [0.2, 0.25) is 0 Å². The number of carbonyl (C=O) groups is 2. The number of aromatic hydroxyl groups is 1. The number of benzene rings is 1. The second kappa shape index (κ2) is 6.91. The fourth-order valence-electron chi connectivity index (χ4n) is 1.44. The van der Waals surface area contributed by atoms with E-state index in [2.05, 4.69) is 4.74 Å². The third kappa shape index (κ3) is 4.08. The number of hydrogen-bond donors (Lipinski definition) is 3. The normalized spacial score (nSPS) is 11.3. The molecule has 1 aromatic carbocycles. The Kier molecular flexibility index (Phi) is 6.23. The molecule has 0 radical (unpaired) electrons. The first-order chi connectivity index (χ1) is 8.36. The minimum absolute atomic E-state index is 0. The van der Waals surface area contributed by atoms with Crippen molar-refractivity contribution in [3.05, 3.63) is 29.1 Å². The van der Waals surface area contributed by atoms with E-state index in [0.717, 1.165) is 13.2 Å². The van der Waals surface area contributed by atoms with Crippen molar-refractivity contribution in [1.29, 1.82) is 0 Å². The molecule has 4 N–H and O–H groups in total. The van der Waals surface area contributed by atoms with Gasteiger partial charge in [-0.1, -0.05) is 0 Å². The molecule has 0 amide bonds. The maximum Gasteiger partial charge on any atom is 0.339 e. The van der Waals surface area contributed by atoms with Gasteiger partial charge in [-0.05, 0) is 12.1 Å². The number of rotatable bonds is 4. The summed E-state index contributed by atoms with van der Waals surface area (Å²) < 4.78 is 17.6. The van der Waals surface area contributed by atoms with Gasteiger partial charge in [-0.15, -0.1) is 12.4 Å². The van der Waals surface area contributed by atoms with E-state index in [-0.39, 0.29) is 24.4 Å². The van der Waals surface area contributed by atoms with Crippen molar-refractivity contribution < 1.29 is 28.9 Å². The lowest BCUT2D eigenvalue weighted by atomic mass is 10.00. The molecule has 19 heavy (non-hydrogen) atoms. The van der Waals surface area contributed by atoms with Crippen LogP contribution in [0.4, 0.5) is 4.39 Å². The molecule has 0 heterocycles. The highest BCUT2D eigenvalue weighted by atomic mass is 35.5. The molecule has 6 nitrogen and oxygen atoms in total. The van der Waals surface area contributed by atoms with Gasteiger partial charge >= 0.3 is 11.9 Å². The summed E-state index contributed by atoms with van der Waals surface area (Å²) >= 11 is 0. The zero-order chi connectivity index (χ0) is 13.9. The molecule has 1 aromatic rings. The molecule has 0 saturated carbocycles. The van der Waals surface area contributed by atoms with Crippen molar-refractivity contribution in [3.8, 4) is 5.75 Å². The molecule has 8 heteroatoms. The molecule has 1 rings (SSSR count). The van der Waals surface area contributed by atoms with Crippen LogP contribution in [0.3, 0.4) is 0 Å². The average Bonchev–Trinajstić information content (AvgIpc) is 2.30. The van der Waals surface area contributed by atoms with Gasteiger partial charge in [0.25, 0.3) is 0 Å². The smallest absolute Gasteiger partial charge is 0.339 e. The monoisotopic (exact) mass is 293 g/mol. The zero-order valence-electron chi connectivity index (χ0n) is 9.92. The number of ether oxygens (including phenoxy) is 1. The molecule has 0 bridgehead atoms. The second-order valence-electron chi connectivity index (χ2n) is 3.58. The molecular formula is C11H13ClFNO5. The Bertz CT molecular complexity index is 494. The van der Waals surface area contributed by atoms with E-state index in [1.807, 2.05) is 0 Å². The summed E-state index contributed by atoms with van der Waals surface area (Å²) in [5.74, 6) is -3.65. The Balaban J connectivity index is 0.00000324. The number of carbonyl (C=O) groups excluding carboxylic acids is 1. The molecule has 0 fully saturated rings. The summed E-state index contributed by atoms with van der Waals surface area (Å²) in [5.41, 5.74) is 4.83. The molecule has 0 aromatic heterocycles. The van der Waals surface area contributed by atoms with E-state index >= 15 is 0 Å². The predicted molar refractivity (Wildman–Crippen MR) is 65.8 cm³/mol. The maximum absolute atomic E-state index is 13.2. The van der Waals surface area contributed by atoms with Crippen LogP contribution in [0.15, 0.2) is 12.1 Å². The average molecular weight is 294 g/mol. The fourth-order valence-corrected chi connectivity index (χ4v) is 1.44. The Morgan fingerprint density at radius 1 is 1.47 bits per heavy atom. The van der Waals surface area contributed by atoms with Crippen LogP contribution in [0.2, 0.25) is 0 Å². The van der Waals surface area contributed by atoms with Gasteiger partial charge < -0.3 is 20.7 Å². The van der Waals surface area contributed by atoms with E-state index in [1.54, 1.807) is 0 Å². The second-order valence-corrected chi connectivity index (χ2v) is 3.58. The van der Waals surface area contributed by atoms with Crippen LogP contribution in [0, 0.1) is 5.82 Å². The van der Waals surface area contributed by atoms with Crippen LogP contribution < -0.4 is 5.73 Å². The van der Waals surface area contributed by atoms with Gasteiger partial charge in [-0.25, -0.2) is 9.18 Å². The summed E-state index contributed by atoms with van der Waals surface area (Å²) in [7, 11) is 1.16. The summed E-state index contributed by atoms with van der Waals surface area (Å²) in [4.78, 5) is 21.8. The lowest BCUT2D eigenvalue weighted by molar-refractivity contribution is -0.141. The number of esters is 1. The van der Waals surface area contributed by atoms with Crippen LogP contribution >= 0.6 is 12.4 Å². The van der Waals surface area contributed by atoms with E-state index in [0.29, 0.717) is 6.07 Å². The Labute approximate surface area is 114 Å². The molecular weight excluding hydrogens is 281 g/mol. The van der Waals surface area contributed by atoms with Crippen LogP contribution in [0.5, 0.6) is 5.75 Å². The number of carboxylic acids is 1. The lowest BCUT2D eigenvalue weighted by Crippen LogP contribution is -2.17. The number of aromatic carboxylic acids is 1. The lowest BCUT2D eigenvalue weighted by Gasteiger charge is -2.14. The Morgan fingerprint density at radius 2 is 2.05 bits per heavy atom. The molecule has 0 saturated heterocycles. The van der Waals surface area contributed by atoms with Crippen LogP contribution in [-0.4, -0.2) is 29.3 Å². The fraction of sp³-hybridized carbons (Fsp3) is 0.273. The highest BCUT2D eigenvalue weighted by Gasteiger charge is 2.21. The van der Waals surface area contributed by atoms with Crippen LogP contribution in [0.1, 0.15) is 28.4 Å². The van der Waals surface area contributed by atoms with Gasteiger partial charge in [0.1, 0.15) is 17.1 Å². The number of carboxylic acid groups (broad SMARTS) is 1. The number of phenols is 1. The summed E-state index contributed by atoms with van der Waals surface area (Å²) in [6.07, 6.45) is -0.299. The summed E-state index contributed by atoms with van der Waals surface area (Å²) in [5, 5.41) is 18.4. The number of halogens is 2. The Hall–Kier alpha value is -1.86. The topological polar surface area (TPSA) is 110 Å². The van der Waals surface area contributed by atoms with Crippen molar-refractivity contribution in [2.45, 2.75) is 12.5 Å². The van der Waals surface area contributed by atoms with Crippen molar-refractivity contribution in [2.24, 2.45) is 5.73 Å². The highest BCUT2D eigenvalue weighted by molar-refractivity contribution is 5.91. The van der Waals surface area contributed by atoms with Crippen molar-refractivity contribution in [3.63, 3.8) is 0 Å². The molecule has 0 aliphatic heterocycles. The van der Waals surface area contributed by atoms with Gasteiger partial charge in [0.05, 0.1) is 13.5 Å². The van der Waals surface area contributed by atoms with Gasteiger partial charge in [0.15, 0.2) is 0 Å². The number of nitrogens with two attached hydrogens (primary N) is 1. The molecule has 0 aliphatic carbocycles. The molecule has 0 spiro atoms. The maximum atomic E-state index is 13.2. The molecule has 106 valence electrons. The first kappa shape index (κ1) is 17.1. The predicted octanol–water partition coefficient (Wildman–Crippen LogP) is 1.21. The van der Waals surface area contributed by atoms with E-state index < -0.39 is 35.1 Å². The standard InChI is InChI=1S/C11H12FNO5.ClH/c1-18-9(14)4-8(13)6-2-5(12)3-7(10(6)15)11(16)17;/h2-3,8,15H,4,13H2,1H3,(H,16,17);1H/t8-;/m1./s1. The van der Waals surface area contributed by atoms with Gasteiger partial charge in [-0.3, -0.25) is 4.79 Å². The number of hydrogen-bond acceptors (Lipinski definition) is 5. The van der Waals surface area contributed by atoms with Gasteiger partial charge in [0, 0.05) is 11.6 Å². The molecule has 0 aliphatic rings. The van der Waals surface area contributed by atoms with E-state index in [4.69, 9.17) is 10.8 Å². The van der Waals surface area contributed by atoms with Crippen LogP contribution in [-0.2, 0) is 9.53 Å². The van der Waals surface area contributed by atoms with Crippen molar-refractivity contribution in [2.75, 3.05) is 7.11 Å². The minimum Gasteiger partial charge on any atom is -0.507 e. The van der Waals surface area contributed by atoms with Crippen molar-refractivity contribution in [1.82, 2.24) is 0 Å². The number of methoxy groups -OCH3 is 1. The highest BCUT2D eigenvalue weighted by Crippen LogP contribution is 2.30. The van der Waals surface area contributed by atoms with E-state index in [1.165, 1.54) is 0 Å². The quantitative estimate of drug-likeness (QED) is 0.720. The van der Waals surface area contributed by atoms with E-state index in [9.17, 15) is 19.1 Å². The third-order valence-corrected chi connectivity index (χ3v) is 2.35. The summed E-state index contributed by atoms with van der Waals surface area (Å²) in [6.45, 7) is 0. The Morgan fingerprint density at radius 3 is 2.53 bits per heavy atom. The zero-order valence-corrected chi connectivity index (χ0v) is 10.7. The largest absolute Gasteiger partial charge is 0.507 e. The minimum atomic E-state index is -1.49. The first-order valence-corrected chi connectivity index (χ1v) is 4.95. The SMILES string of the molecule is COC(=O)C[C@@H](N)c1cc(F)cc(C(=O)O)c1O.Cl. The molecule has 1 atom stereocenters. The van der Waals surface area contributed by atoms with Crippen LogP contribution in [0.25, 0.3) is 0 Å². The van der Waals surface area contributed by atoms with Gasteiger partial charge in [-0.2, -0.15) is 0 Å². The molecule has 0 unspecified atom stereocenters. The third-order valence-electron chi connectivity index (χ3n) is 2.35. The van der Waals surface area contributed by atoms with Crippen molar-refractivity contribution >= 4 is 24.3 Å². The first-order valence-electron chi connectivity index (χ1n) is 4.95.